The standard InChI is InChI=1S/C15H20N2O4S/c18-22(19,16-13-10-17-5-3-11(13)4-6-17)12-1-2-14-15(9-12)21-8-7-20-14/h1-2,9,11,13,16H,3-8,10H2. The van der Waals surface area contributed by atoms with Crippen molar-refractivity contribution in [3.05, 3.63) is 18.2 Å². The summed E-state index contributed by atoms with van der Waals surface area (Å²) in [6.45, 7) is 3.94. The van der Waals surface area contributed by atoms with E-state index in [0.29, 0.717) is 30.6 Å². The molecule has 120 valence electrons. The van der Waals surface area contributed by atoms with E-state index in [9.17, 15) is 8.42 Å². The lowest BCUT2D eigenvalue weighted by atomic mass is 9.85. The van der Waals surface area contributed by atoms with Crippen molar-refractivity contribution in [2.24, 2.45) is 5.92 Å². The van der Waals surface area contributed by atoms with Gasteiger partial charge >= 0.3 is 0 Å². The molecule has 0 radical (unpaired) electrons. The SMILES string of the molecule is O=S(=O)(NC1CN2CCC1CC2)c1ccc2c(c1)OCCO2. The molecule has 1 aromatic carbocycles. The van der Waals surface area contributed by atoms with Gasteiger partial charge in [-0.2, -0.15) is 0 Å². The van der Waals surface area contributed by atoms with Gasteiger partial charge in [0, 0.05) is 18.7 Å². The lowest BCUT2D eigenvalue weighted by Crippen LogP contribution is -2.57. The van der Waals surface area contributed by atoms with E-state index in [-0.39, 0.29) is 10.9 Å². The van der Waals surface area contributed by atoms with Crippen molar-refractivity contribution in [1.29, 1.82) is 0 Å². The Labute approximate surface area is 130 Å². The summed E-state index contributed by atoms with van der Waals surface area (Å²) in [5.74, 6) is 1.56. The van der Waals surface area contributed by atoms with E-state index < -0.39 is 10.0 Å². The Morgan fingerprint density at radius 3 is 2.50 bits per heavy atom. The van der Waals surface area contributed by atoms with E-state index in [0.717, 1.165) is 32.5 Å². The van der Waals surface area contributed by atoms with Gasteiger partial charge in [-0.25, -0.2) is 13.1 Å². The first kappa shape index (κ1) is 14.3. The molecule has 0 spiro atoms. The number of fused-ring (bicyclic) bond motifs is 4. The Bertz CT molecular complexity index is 668. The molecular formula is C15H20N2O4S. The van der Waals surface area contributed by atoms with Crippen LogP contribution in [0.4, 0.5) is 0 Å². The zero-order valence-corrected chi connectivity index (χ0v) is 13.1. The summed E-state index contributed by atoms with van der Waals surface area (Å²) in [5.41, 5.74) is 0. The third-order valence-electron chi connectivity index (χ3n) is 4.79. The molecule has 2 bridgehead atoms. The van der Waals surface area contributed by atoms with E-state index in [1.807, 2.05) is 0 Å². The summed E-state index contributed by atoms with van der Waals surface area (Å²) in [6.07, 6.45) is 2.16. The molecular weight excluding hydrogens is 304 g/mol. The van der Waals surface area contributed by atoms with Crippen molar-refractivity contribution in [1.82, 2.24) is 9.62 Å². The second kappa shape index (κ2) is 5.40. The quantitative estimate of drug-likeness (QED) is 0.892. The van der Waals surface area contributed by atoms with Crippen LogP contribution in [0.5, 0.6) is 11.5 Å². The molecule has 0 aromatic heterocycles. The molecule has 1 aromatic rings. The molecule has 1 atom stereocenters. The molecule has 3 fully saturated rings. The number of hydrogen-bond acceptors (Lipinski definition) is 5. The molecule has 4 heterocycles. The van der Waals surface area contributed by atoms with Crippen molar-refractivity contribution in [2.45, 2.75) is 23.8 Å². The third-order valence-corrected chi connectivity index (χ3v) is 6.27. The fraction of sp³-hybridized carbons (Fsp3) is 0.600. The summed E-state index contributed by atoms with van der Waals surface area (Å²) >= 11 is 0. The lowest BCUT2D eigenvalue weighted by Gasteiger charge is -2.44. The maximum Gasteiger partial charge on any atom is 0.241 e. The largest absolute Gasteiger partial charge is 0.486 e. The number of ether oxygens (including phenoxy) is 2. The smallest absolute Gasteiger partial charge is 0.241 e. The second-order valence-corrected chi connectivity index (χ2v) is 7.89. The fourth-order valence-electron chi connectivity index (χ4n) is 3.56. The second-order valence-electron chi connectivity index (χ2n) is 6.17. The average Bonchev–Trinajstić information content (AvgIpc) is 2.55. The van der Waals surface area contributed by atoms with Crippen LogP contribution in [0.1, 0.15) is 12.8 Å². The van der Waals surface area contributed by atoms with Gasteiger partial charge in [0.05, 0.1) is 4.90 Å². The molecule has 4 aliphatic heterocycles. The minimum absolute atomic E-state index is 0.0145. The van der Waals surface area contributed by atoms with E-state index in [1.54, 1.807) is 18.2 Å². The Morgan fingerprint density at radius 2 is 1.82 bits per heavy atom. The molecule has 7 heteroatoms. The fourth-order valence-corrected chi connectivity index (χ4v) is 4.87. The molecule has 0 saturated carbocycles. The van der Waals surface area contributed by atoms with Gasteiger partial charge in [-0.15, -0.1) is 0 Å². The molecule has 22 heavy (non-hydrogen) atoms. The van der Waals surface area contributed by atoms with Gasteiger partial charge in [0.2, 0.25) is 10.0 Å². The number of sulfonamides is 1. The van der Waals surface area contributed by atoms with Crippen LogP contribution in [-0.2, 0) is 10.0 Å². The summed E-state index contributed by atoms with van der Waals surface area (Å²) in [7, 11) is -3.53. The van der Waals surface area contributed by atoms with Crippen molar-refractivity contribution < 1.29 is 17.9 Å². The van der Waals surface area contributed by atoms with Crippen LogP contribution >= 0.6 is 0 Å². The Hall–Kier alpha value is -1.31. The zero-order chi connectivity index (χ0) is 15.2. The van der Waals surface area contributed by atoms with Gasteiger partial charge in [0.15, 0.2) is 11.5 Å². The zero-order valence-electron chi connectivity index (χ0n) is 12.3. The van der Waals surface area contributed by atoms with Crippen LogP contribution in [0.15, 0.2) is 23.1 Å². The number of hydrogen-bond donors (Lipinski definition) is 1. The van der Waals surface area contributed by atoms with Crippen LogP contribution in [0, 0.1) is 5.92 Å². The summed E-state index contributed by atoms with van der Waals surface area (Å²) in [5, 5.41) is 0. The highest BCUT2D eigenvalue weighted by atomic mass is 32.2. The highest BCUT2D eigenvalue weighted by molar-refractivity contribution is 7.89. The molecule has 0 aliphatic carbocycles. The van der Waals surface area contributed by atoms with Gasteiger partial charge in [0.25, 0.3) is 0 Å². The first-order valence-corrected chi connectivity index (χ1v) is 9.24. The molecule has 4 aliphatic rings. The van der Waals surface area contributed by atoms with Crippen LogP contribution < -0.4 is 14.2 Å². The Morgan fingerprint density at radius 1 is 1.09 bits per heavy atom. The summed E-state index contributed by atoms with van der Waals surface area (Å²) < 4.78 is 39.1. The van der Waals surface area contributed by atoms with E-state index >= 15 is 0 Å². The van der Waals surface area contributed by atoms with Gasteiger partial charge in [-0.05, 0) is 44.0 Å². The molecule has 0 amide bonds. The van der Waals surface area contributed by atoms with E-state index in [4.69, 9.17) is 9.47 Å². The molecule has 1 unspecified atom stereocenters. The van der Waals surface area contributed by atoms with E-state index in [2.05, 4.69) is 9.62 Å². The maximum atomic E-state index is 12.6. The molecule has 1 N–H and O–H groups in total. The van der Waals surface area contributed by atoms with Crippen LogP contribution in [0.25, 0.3) is 0 Å². The molecule has 3 saturated heterocycles. The van der Waals surface area contributed by atoms with Crippen molar-refractivity contribution in [3.63, 3.8) is 0 Å². The Balaban J connectivity index is 1.56. The number of benzene rings is 1. The average molecular weight is 324 g/mol. The third kappa shape index (κ3) is 2.57. The van der Waals surface area contributed by atoms with Crippen LogP contribution in [0.2, 0.25) is 0 Å². The van der Waals surface area contributed by atoms with Crippen LogP contribution in [-0.4, -0.2) is 52.2 Å². The first-order valence-electron chi connectivity index (χ1n) is 7.76. The van der Waals surface area contributed by atoms with Crippen molar-refractivity contribution >= 4 is 10.0 Å². The number of rotatable bonds is 3. The van der Waals surface area contributed by atoms with Gasteiger partial charge in [-0.1, -0.05) is 0 Å². The highest BCUT2D eigenvalue weighted by Crippen LogP contribution is 2.33. The van der Waals surface area contributed by atoms with Crippen LogP contribution in [0.3, 0.4) is 0 Å². The minimum Gasteiger partial charge on any atom is -0.486 e. The Kier molecular flexibility index (Phi) is 3.51. The van der Waals surface area contributed by atoms with Gasteiger partial charge in [-0.3, -0.25) is 0 Å². The molecule has 6 nitrogen and oxygen atoms in total. The van der Waals surface area contributed by atoms with Gasteiger partial charge < -0.3 is 14.4 Å². The highest BCUT2D eigenvalue weighted by Gasteiger charge is 2.36. The number of nitrogens with one attached hydrogen (secondary N) is 1. The van der Waals surface area contributed by atoms with Crippen molar-refractivity contribution in [3.8, 4) is 11.5 Å². The van der Waals surface area contributed by atoms with Gasteiger partial charge in [0.1, 0.15) is 13.2 Å². The minimum atomic E-state index is -3.53. The summed E-state index contributed by atoms with van der Waals surface area (Å²) in [6, 6.07) is 4.82. The van der Waals surface area contributed by atoms with E-state index in [1.165, 1.54) is 0 Å². The number of piperidine rings is 3. The monoisotopic (exact) mass is 324 g/mol. The predicted octanol–water partition coefficient (Wildman–Crippen LogP) is 0.830. The maximum absolute atomic E-state index is 12.6. The molecule has 5 rings (SSSR count). The predicted molar refractivity (Wildman–Crippen MR) is 80.7 cm³/mol. The topological polar surface area (TPSA) is 67.9 Å². The normalized spacial score (nSPS) is 30.3. The van der Waals surface area contributed by atoms with Crippen molar-refractivity contribution in [2.75, 3.05) is 32.8 Å². The lowest BCUT2D eigenvalue weighted by molar-refractivity contribution is 0.0827. The summed E-state index contributed by atoms with van der Waals surface area (Å²) in [4.78, 5) is 2.57. The first-order chi connectivity index (χ1) is 10.6. The number of nitrogens with zero attached hydrogens (tertiary/aromatic N) is 1.